The minimum Gasteiger partial charge on any atom is -0.492 e. The maximum absolute atomic E-state index is 13.1. The zero-order valence-corrected chi connectivity index (χ0v) is 22.6. The van der Waals surface area contributed by atoms with Crippen molar-refractivity contribution >= 4 is 17.5 Å². The van der Waals surface area contributed by atoms with Crippen molar-refractivity contribution < 1.29 is 34.4 Å². The van der Waals surface area contributed by atoms with Crippen LogP contribution in [0.15, 0.2) is 58.6 Å². The monoisotopic (exact) mass is 505 g/mol. The number of rotatable bonds is 1. The van der Waals surface area contributed by atoms with Crippen molar-refractivity contribution in [2.75, 3.05) is 21.3 Å². The fourth-order valence-corrected chi connectivity index (χ4v) is 3.91. The third-order valence-corrected chi connectivity index (χ3v) is 5.95. The van der Waals surface area contributed by atoms with Gasteiger partial charge < -0.3 is 25.4 Å². The molecule has 0 aromatic carbocycles. The fraction of sp³-hybridized carbons (Fsp3) is 0.536. The minimum atomic E-state index is -0.482. The molecule has 2 bridgehead atoms. The highest BCUT2D eigenvalue weighted by molar-refractivity contribution is 6.23. The van der Waals surface area contributed by atoms with Crippen LogP contribution in [-0.2, 0) is 19.1 Å². The number of hydrogen-bond acceptors (Lipinski definition) is 7. The molecule has 3 atom stereocenters. The Balaban J connectivity index is 0.00000291. The predicted octanol–water partition coefficient (Wildman–Crippen LogP) is 3.30. The van der Waals surface area contributed by atoms with Crippen molar-refractivity contribution in [3.05, 3.63) is 58.6 Å². The summed E-state index contributed by atoms with van der Waals surface area (Å²) in [5, 5.41) is 27.2. The van der Waals surface area contributed by atoms with E-state index >= 15 is 0 Å². The van der Waals surface area contributed by atoms with Gasteiger partial charge in [-0.2, -0.15) is 0 Å². The lowest BCUT2D eigenvalue weighted by Gasteiger charge is -2.22. The molecule has 202 valence electrons. The third kappa shape index (κ3) is 10.4. The van der Waals surface area contributed by atoms with Crippen molar-refractivity contribution in [3.8, 4) is 0 Å². The number of ether oxygens (including phenoxy) is 1. The molecule has 4 N–H and O–H groups in total. The number of carbonyl (C=O) groups excluding carboxylic acids is 3. The molecule has 2 aliphatic rings. The SMILES string of the molecule is CO.CO.COC1=C2CC(C)CCC(O)C(C)/C=C(\C)CC/C=C\C=C(/C)C(=O)NC(=CC1=O)C2=O. The average molecular weight is 506 g/mol. The Bertz CT molecular complexity index is 909. The lowest BCUT2D eigenvalue weighted by Crippen LogP contribution is -2.33. The first-order valence-corrected chi connectivity index (χ1v) is 12.1. The van der Waals surface area contributed by atoms with Crippen LogP contribution < -0.4 is 5.32 Å². The van der Waals surface area contributed by atoms with Gasteiger partial charge in [-0.15, -0.1) is 0 Å². The van der Waals surface area contributed by atoms with Crippen molar-refractivity contribution in [1.82, 2.24) is 5.32 Å². The predicted molar refractivity (Wildman–Crippen MR) is 141 cm³/mol. The summed E-state index contributed by atoms with van der Waals surface area (Å²) in [6.45, 7) is 7.71. The van der Waals surface area contributed by atoms with Gasteiger partial charge in [-0.1, -0.05) is 43.7 Å². The molecule has 1 heterocycles. The molecule has 0 radical (unpaired) electrons. The molecule has 1 amide bonds. The topological polar surface area (TPSA) is 133 Å². The van der Waals surface area contributed by atoms with Gasteiger partial charge in [0.15, 0.2) is 5.76 Å². The van der Waals surface area contributed by atoms with Gasteiger partial charge in [0.05, 0.1) is 18.9 Å². The molecule has 0 saturated heterocycles. The third-order valence-electron chi connectivity index (χ3n) is 5.95. The standard InChI is InChI=1S/C26H35NO5.2CH4O/c1-16-9-7-6-8-10-18(3)26(31)27-21-15-23(29)25(32-5)20(24(21)30)14-17(2)11-12-22(28)19(4)13-16;2*1-2/h6,8,10,13,15,17,19,22,28H,7,9,11-12,14H2,1-5H3,(H,27,31);2*2H,1H3/b8-6-,16-13+,18-10+;;. The van der Waals surface area contributed by atoms with Crippen LogP contribution in [0, 0.1) is 11.8 Å². The molecule has 0 aromatic rings. The molecular weight excluding hydrogens is 462 g/mol. The quantitative estimate of drug-likeness (QED) is 0.317. The fourth-order valence-electron chi connectivity index (χ4n) is 3.91. The number of amides is 1. The normalized spacial score (nSPS) is 28.0. The zero-order chi connectivity index (χ0) is 27.8. The molecule has 8 heteroatoms. The van der Waals surface area contributed by atoms with Gasteiger partial charge in [0.1, 0.15) is 0 Å². The molecule has 1 aliphatic carbocycles. The van der Waals surface area contributed by atoms with Crippen molar-refractivity contribution in [1.29, 1.82) is 0 Å². The first-order valence-electron chi connectivity index (χ1n) is 12.1. The summed E-state index contributed by atoms with van der Waals surface area (Å²) >= 11 is 0. The van der Waals surface area contributed by atoms with Gasteiger partial charge in [0, 0.05) is 37.4 Å². The van der Waals surface area contributed by atoms with Crippen LogP contribution >= 0.6 is 0 Å². The second-order valence-electron chi connectivity index (χ2n) is 8.86. The van der Waals surface area contributed by atoms with E-state index in [1.807, 2.05) is 26.0 Å². The summed E-state index contributed by atoms with van der Waals surface area (Å²) < 4.78 is 5.23. The smallest absolute Gasteiger partial charge is 0.251 e. The molecule has 36 heavy (non-hydrogen) atoms. The summed E-state index contributed by atoms with van der Waals surface area (Å²) in [6, 6.07) is 0. The molecule has 2 rings (SSSR count). The number of allylic oxidation sites excluding steroid dienone is 6. The Labute approximate surface area is 215 Å². The van der Waals surface area contributed by atoms with Gasteiger partial charge in [-0.3, -0.25) is 14.4 Å². The Hall–Kier alpha value is -2.81. The number of aliphatic hydroxyl groups excluding tert-OH is 3. The van der Waals surface area contributed by atoms with E-state index in [1.54, 1.807) is 13.0 Å². The van der Waals surface area contributed by atoms with E-state index in [9.17, 15) is 19.5 Å². The van der Waals surface area contributed by atoms with E-state index in [-0.39, 0.29) is 28.9 Å². The van der Waals surface area contributed by atoms with E-state index < -0.39 is 23.6 Å². The molecule has 0 spiro atoms. The number of carbonyl (C=O) groups is 3. The first kappa shape index (κ1) is 33.2. The van der Waals surface area contributed by atoms with E-state index in [0.29, 0.717) is 24.8 Å². The maximum Gasteiger partial charge on any atom is 0.251 e. The Kier molecular flexibility index (Phi) is 16.2. The van der Waals surface area contributed by atoms with Crippen molar-refractivity contribution in [3.63, 3.8) is 0 Å². The zero-order valence-electron chi connectivity index (χ0n) is 22.6. The minimum absolute atomic E-state index is 0.0217. The van der Waals surface area contributed by atoms with Crippen molar-refractivity contribution in [2.45, 2.75) is 65.9 Å². The highest BCUT2D eigenvalue weighted by Gasteiger charge is 2.31. The van der Waals surface area contributed by atoms with E-state index in [4.69, 9.17) is 14.9 Å². The lowest BCUT2D eigenvalue weighted by atomic mass is 9.87. The van der Waals surface area contributed by atoms with Crippen LogP contribution in [0.1, 0.15) is 59.8 Å². The number of nitrogens with one attached hydrogen (secondary N) is 1. The summed E-state index contributed by atoms with van der Waals surface area (Å²) in [5.41, 5.74) is 1.87. The van der Waals surface area contributed by atoms with Gasteiger partial charge >= 0.3 is 0 Å². The van der Waals surface area contributed by atoms with Gasteiger partial charge in [0.2, 0.25) is 11.6 Å². The Morgan fingerprint density at radius 3 is 2.28 bits per heavy atom. The molecule has 8 nitrogen and oxygen atoms in total. The Morgan fingerprint density at radius 1 is 1.03 bits per heavy atom. The number of ketones is 2. The van der Waals surface area contributed by atoms with Gasteiger partial charge in [-0.05, 0) is 51.9 Å². The van der Waals surface area contributed by atoms with E-state index in [1.165, 1.54) is 12.7 Å². The van der Waals surface area contributed by atoms with Gasteiger partial charge in [0.25, 0.3) is 5.91 Å². The summed E-state index contributed by atoms with van der Waals surface area (Å²) in [4.78, 5) is 38.1. The van der Waals surface area contributed by atoms with Crippen molar-refractivity contribution in [2.24, 2.45) is 11.8 Å². The number of aliphatic hydroxyl groups is 3. The maximum atomic E-state index is 13.1. The highest BCUT2D eigenvalue weighted by Crippen LogP contribution is 2.28. The molecule has 0 fully saturated rings. The number of methoxy groups -OCH3 is 1. The number of fused-ring (bicyclic) bond motifs is 2. The highest BCUT2D eigenvalue weighted by atomic mass is 16.5. The van der Waals surface area contributed by atoms with E-state index in [2.05, 4.69) is 18.3 Å². The lowest BCUT2D eigenvalue weighted by molar-refractivity contribution is -0.120. The second kappa shape index (κ2) is 17.6. The van der Waals surface area contributed by atoms with Crippen LogP contribution in [0.5, 0.6) is 0 Å². The summed E-state index contributed by atoms with van der Waals surface area (Å²) in [5.74, 6) is -1.18. The van der Waals surface area contributed by atoms with Crippen LogP contribution in [-0.4, -0.2) is 60.2 Å². The first-order chi connectivity index (χ1) is 17.1. The second-order valence-corrected chi connectivity index (χ2v) is 8.86. The molecule has 0 saturated carbocycles. The number of hydrogen-bond donors (Lipinski definition) is 4. The number of Topliss-reactive ketones (excluding diaryl/α,β-unsaturated/α-hetero) is 1. The van der Waals surface area contributed by atoms with Crippen LogP contribution in [0.4, 0.5) is 0 Å². The van der Waals surface area contributed by atoms with E-state index in [0.717, 1.165) is 33.1 Å². The average Bonchev–Trinajstić information content (AvgIpc) is 2.86. The van der Waals surface area contributed by atoms with Crippen LogP contribution in [0.25, 0.3) is 0 Å². The molecule has 0 aromatic heterocycles. The summed E-state index contributed by atoms with van der Waals surface area (Å²) in [6.07, 6.45) is 11.5. The summed E-state index contributed by atoms with van der Waals surface area (Å²) in [7, 11) is 3.36. The van der Waals surface area contributed by atoms with Crippen LogP contribution in [0.3, 0.4) is 0 Å². The largest absolute Gasteiger partial charge is 0.492 e. The molecular formula is C28H43NO7. The molecule has 3 unspecified atom stereocenters. The van der Waals surface area contributed by atoms with Crippen LogP contribution in [0.2, 0.25) is 0 Å². The molecule has 1 aliphatic heterocycles. The van der Waals surface area contributed by atoms with Gasteiger partial charge in [-0.25, -0.2) is 0 Å². The Morgan fingerprint density at radius 2 is 1.67 bits per heavy atom.